The number of rotatable bonds is 7. The molecule has 0 aromatic heterocycles. The van der Waals surface area contributed by atoms with Crippen molar-refractivity contribution in [1.29, 1.82) is 0 Å². The van der Waals surface area contributed by atoms with E-state index in [0.29, 0.717) is 37.5 Å². The van der Waals surface area contributed by atoms with Gasteiger partial charge in [0, 0.05) is 45.8 Å². The normalized spacial score (nSPS) is 16.0. The van der Waals surface area contributed by atoms with Crippen LogP contribution in [0.25, 0.3) is 0 Å². The van der Waals surface area contributed by atoms with Crippen LogP contribution in [0.1, 0.15) is 30.6 Å². The summed E-state index contributed by atoms with van der Waals surface area (Å²) in [4.78, 5) is 43.3. The minimum absolute atomic E-state index is 0.0469. The van der Waals surface area contributed by atoms with E-state index in [1.54, 1.807) is 55.3 Å². The summed E-state index contributed by atoms with van der Waals surface area (Å²) < 4.78 is 5.12. The van der Waals surface area contributed by atoms with Crippen molar-refractivity contribution < 1.29 is 19.1 Å². The number of benzene rings is 1. The molecule has 1 atom stereocenters. The Morgan fingerprint density at radius 3 is 2.30 bits per heavy atom. The molecule has 1 aromatic rings. The van der Waals surface area contributed by atoms with E-state index in [1.165, 1.54) is 0 Å². The molecule has 0 radical (unpaired) electrons. The summed E-state index contributed by atoms with van der Waals surface area (Å²) in [6.07, 6.45) is 0.795. The zero-order valence-corrected chi connectivity index (χ0v) is 18.7. The molecule has 30 heavy (non-hydrogen) atoms. The Labute approximate surface area is 179 Å². The molecular weight excluding hydrogens is 384 g/mol. The van der Waals surface area contributed by atoms with Gasteiger partial charge in [-0.1, -0.05) is 13.8 Å². The van der Waals surface area contributed by atoms with Crippen molar-refractivity contribution in [2.24, 2.45) is 5.92 Å². The zero-order chi connectivity index (χ0) is 22.3. The molecule has 0 saturated carbocycles. The van der Waals surface area contributed by atoms with Gasteiger partial charge in [0.25, 0.3) is 5.91 Å². The molecule has 1 aliphatic heterocycles. The van der Waals surface area contributed by atoms with Crippen molar-refractivity contribution in [3.63, 3.8) is 0 Å². The van der Waals surface area contributed by atoms with Gasteiger partial charge in [-0.3, -0.25) is 19.3 Å². The molecular formula is C22H34N4O4. The lowest BCUT2D eigenvalue weighted by molar-refractivity contribution is -0.134. The molecule has 1 aromatic carbocycles. The number of carbonyl (C=O) groups is 3. The predicted molar refractivity (Wildman–Crippen MR) is 115 cm³/mol. The van der Waals surface area contributed by atoms with Gasteiger partial charge in [-0.15, -0.1) is 0 Å². The van der Waals surface area contributed by atoms with Gasteiger partial charge in [0.15, 0.2) is 0 Å². The summed E-state index contributed by atoms with van der Waals surface area (Å²) in [6.45, 7) is 6.79. The minimum atomic E-state index is -0.602. The topological polar surface area (TPSA) is 82.2 Å². The highest BCUT2D eigenvalue weighted by Gasteiger charge is 2.30. The van der Waals surface area contributed by atoms with E-state index in [1.807, 2.05) is 13.8 Å². The number of nitrogens with one attached hydrogen (secondary N) is 1. The van der Waals surface area contributed by atoms with E-state index < -0.39 is 6.04 Å². The Bertz CT molecular complexity index is 733. The first-order valence-electron chi connectivity index (χ1n) is 10.4. The van der Waals surface area contributed by atoms with Crippen molar-refractivity contribution in [2.45, 2.75) is 26.3 Å². The maximum atomic E-state index is 13.2. The SMILES string of the molecule is COc1ccc(C(=O)NC(C(=O)N2CCCN(CC(=O)N(C)C)CC2)C(C)C)cc1. The molecule has 0 spiro atoms. The van der Waals surface area contributed by atoms with Crippen LogP contribution in [0.15, 0.2) is 24.3 Å². The summed E-state index contributed by atoms with van der Waals surface area (Å²) >= 11 is 0. The number of nitrogens with zero attached hydrogens (tertiary/aromatic N) is 3. The fourth-order valence-corrected chi connectivity index (χ4v) is 3.36. The van der Waals surface area contributed by atoms with Crippen molar-refractivity contribution in [1.82, 2.24) is 20.0 Å². The Balaban J connectivity index is 2.00. The standard InChI is InChI=1S/C22H34N4O4/c1-16(2)20(23-21(28)17-7-9-18(30-5)10-8-17)22(29)26-12-6-11-25(13-14-26)15-19(27)24(3)4/h7-10,16,20H,6,11-15H2,1-5H3,(H,23,28). The predicted octanol–water partition coefficient (Wildman–Crippen LogP) is 1.07. The van der Waals surface area contributed by atoms with Crippen LogP contribution in [0.5, 0.6) is 5.75 Å². The first-order chi connectivity index (χ1) is 14.2. The lowest BCUT2D eigenvalue weighted by Gasteiger charge is -2.29. The van der Waals surface area contributed by atoms with Crippen LogP contribution in [-0.2, 0) is 9.59 Å². The average Bonchev–Trinajstić information content (AvgIpc) is 2.96. The van der Waals surface area contributed by atoms with Crippen molar-refractivity contribution >= 4 is 17.7 Å². The molecule has 8 heteroatoms. The second-order valence-electron chi connectivity index (χ2n) is 8.17. The second kappa shape index (κ2) is 11.0. The van der Waals surface area contributed by atoms with Crippen LogP contribution in [0.3, 0.4) is 0 Å². The van der Waals surface area contributed by atoms with Gasteiger partial charge in [-0.25, -0.2) is 0 Å². The molecule has 1 heterocycles. The van der Waals surface area contributed by atoms with Gasteiger partial charge in [0.2, 0.25) is 11.8 Å². The Morgan fingerprint density at radius 1 is 1.07 bits per heavy atom. The highest BCUT2D eigenvalue weighted by Crippen LogP contribution is 2.14. The third-order valence-corrected chi connectivity index (χ3v) is 5.33. The smallest absolute Gasteiger partial charge is 0.251 e. The number of likely N-dealkylation sites (N-methyl/N-ethyl adjacent to an activating group) is 1. The van der Waals surface area contributed by atoms with Crippen LogP contribution in [0.4, 0.5) is 0 Å². The van der Waals surface area contributed by atoms with Crippen molar-refractivity contribution in [3.8, 4) is 5.75 Å². The van der Waals surface area contributed by atoms with Gasteiger partial charge >= 0.3 is 0 Å². The number of hydrogen-bond acceptors (Lipinski definition) is 5. The van der Waals surface area contributed by atoms with Gasteiger partial charge in [-0.2, -0.15) is 0 Å². The van der Waals surface area contributed by atoms with E-state index in [4.69, 9.17) is 4.74 Å². The monoisotopic (exact) mass is 418 g/mol. The molecule has 0 bridgehead atoms. The molecule has 1 saturated heterocycles. The van der Waals surface area contributed by atoms with Gasteiger partial charge in [0.1, 0.15) is 11.8 Å². The van der Waals surface area contributed by atoms with Gasteiger partial charge in [0.05, 0.1) is 13.7 Å². The number of amides is 3. The Kier molecular flexibility index (Phi) is 8.65. The van der Waals surface area contributed by atoms with Gasteiger partial charge < -0.3 is 19.9 Å². The van der Waals surface area contributed by atoms with E-state index in [2.05, 4.69) is 10.2 Å². The van der Waals surface area contributed by atoms with Crippen LogP contribution in [-0.4, -0.2) is 92.4 Å². The molecule has 8 nitrogen and oxygen atoms in total. The maximum absolute atomic E-state index is 13.2. The average molecular weight is 419 g/mol. The van der Waals surface area contributed by atoms with E-state index in [9.17, 15) is 14.4 Å². The zero-order valence-electron chi connectivity index (χ0n) is 18.7. The fraction of sp³-hybridized carbons (Fsp3) is 0.591. The molecule has 1 aliphatic rings. The van der Waals surface area contributed by atoms with E-state index >= 15 is 0 Å². The van der Waals surface area contributed by atoms with E-state index in [-0.39, 0.29) is 23.6 Å². The number of carbonyl (C=O) groups excluding carboxylic acids is 3. The third kappa shape index (κ3) is 6.45. The molecule has 166 valence electrons. The summed E-state index contributed by atoms with van der Waals surface area (Å²) in [5.41, 5.74) is 0.485. The summed E-state index contributed by atoms with van der Waals surface area (Å²) in [6, 6.07) is 6.21. The maximum Gasteiger partial charge on any atom is 0.251 e. The van der Waals surface area contributed by atoms with Crippen LogP contribution in [0, 0.1) is 5.92 Å². The largest absolute Gasteiger partial charge is 0.497 e. The summed E-state index contributed by atoms with van der Waals surface area (Å²) in [5.74, 6) is 0.325. The summed E-state index contributed by atoms with van der Waals surface area (Å²) in [5, 5.41) is 2.90. The highest BCUT2D eigenvalue weighted by atomic mass is 16.5. The quantitative estimate of drug-likeness (QED) is 0.716. The Morgan fingerprint density at radius 2 is 1.73 bits per heavy atom. The third-order valence-electron chi connectivity index (χ3n) is 5.33. The molecule has 2 rings (SSSR count). The number of hydrogen-bond donors (Lipinski definition) is 1. The lowest BCUT2D eigenvalue weighted by atomic mass is 10.0. The molecule has 1 N–H and O–H groups in total. The van der Waals surface area contributed by atoms with Gasteiger partial charge in [-0.05, 0) is 36.6 Å². The van der Waals surface area contributed by atoms with Crippen molar-refractivity contribution in [3.05, 3.63) is 29.8 Å². The molecule has 1 unspecified atom stereocenters. The van der Waals surface area contributed by atoms with E-state index in [0.717, 1.165) is 13.0 Å². The minimum Gasteiger partial charge on any atom is -0.497 e. The number of methoxy groups -OCH3 is 1. The van der Waals surface area contributed by atoms with Crippen molar-refractivity contribution in [2.75, 3.05) is 53.9 Å². The van der Waals surface area contributed by atoms with Crippen LogP contribution >= 0.6 is 0 Å². The molecule has 3 amide bonds. The first-order valence-corrected chi connectivity index (χ1v) is 10.4. The highest BCUT2D eigenvalue weighted by molar-refractivity contribution is 5.97. The molecule has 1 fully saturated rings. The number of ether oxygens (including phenoxy) is 1. The Hall–Kier alpha value is -2.61. The first kappa shape index (κ1) is 23.7. The molecule has 0 aliphatic carbocycles. The second-order valence-corrected chi connectivity index (χ2v) is 8.17. The van der Waals surface area contributed by atoms with Crippen LogP contribution in [0.2, 0.25) is 0 Å². The lowest BCUT2D eigenvalue weighted by Crippen LogP contribution is -2.52. The summed E-state index contributed by atoms with van der Waals surface area (Å²) in [7, 11) is 5.06. The van der Waals surface area contributed by atoms with Crippen LogP contribution < -0.4 is 10.1 Å². The fourth-order valence-electron chi connectivity index (χ4n) is 3.36.